The Balaban J connectivity index is 1.82. The van der Waals surface area contributed by atoms with Crippen LogP contribution in [0.15, 0.2) is 30.3 Å². The molecule has 0 unspecified atom stereocenters. The van der Waals surface area contributed by atoms with Gasteiger partial charge in [-0.1, -0.05) is 61.5 Å². The van der Waals surface area contributed by atoms with Gasteiger partial charge in [-0.2, -0.15) is 0 Å². The van der Waals surface area contributed by atoms with Crippen LogP contribution >= 0.6 is 0 Å². The minimum atomic E-state index is -1.82. The number of hydrogen-bond acceptors (Lipinski definition) is 3. The molecule has 1 heterocycles. The van der Waals surface area contributed by atoms with Crippen LogP contribution in [0, 0.1) is 5.41 Å². The van der Waals surface area contributed by atoms with Crippen molar-refractivity contribution in [3.05, 3.63) is 30.3 Å². The van der Waals surface area contributed by atoms with Crippen LogP contribution < -0.4 is 5.19 Å². The van der Waals surface area contributed by atoms with Crippen LogP contribution in [0.1, 0.15) is 52.4 Å². The van der Waals surface area contributed by atoms with Gasteiger partial charge in [0.15, 0.2) is 5.79 Å². The molecule has 3 aliphatic rings. The van der Waals surface area contributed by atoms with Gasteiger partial charge in [-0.15, -0.1) is 0 Å². The van der Waals surface area contributed by atoms with E-state index in [4.69, 9.17) is 9.47 Å². The minimum absolute atomic E-state index is 0.0472. The zero-order chi connectivity index (χ0) is 18.6. The predicted octanol–water partition coefficient (Wildman–Crippen LogP) is 4.21. The molecule has 2 saturated carbocycles. The molecule has 0 spiro atoms. The van der Waals surface area contributed by atoms with E-state index < -0.39 is 13.9 Å². The van der Waals surface area contributed by atoms with E-state index in [0.717, 1.165) is 25.9 Å². The molecule has 4 rings (SSSR count). The number of ether oxygens (including phenoxy) is 2. The topological polar surface area (TPSA) is 38.7 Å². The molecule has 4 heteroatoms. The van der Waals surface area contributed by atoms with Gasteiger partial charge < -0.3 is 14.6 Å². The highest BCUT2D eigenvalue weighted by Crippen LogP contribution is 2.65. The first-order valence-electron chi connectivity index (χ1n) is 10.3. The second kappa shape index (κ2) is 6.16. The van der Waals surface area contributed by atoms with E-state index in [9.17, 15) is 5.11 Å². The molecule has 1 aromatic carbocycles. The second-order valence-corrected chi connectivity index (χ2v) is 14.6. The van der Waals surface area contributed by atoms with Crippen molar-refractivity contribution >= 4 is 13.3 Å². The van der Waals surface area contributed by atoms with Crippen molar-refractivity contribution in [2.24, 2.45) is 5.41 Å². The Hall–Kier alpha value is -0.683. The Bertz CT molecular complexity index is 659. The molecule has 26 heavy (non-hydrogen) atoms. The third kappa shape index (κ3) is 2.72. The van der Waals surface area contributed by atoms with Gasteiger partial charge in [0, 0.05) is 11.8 Å². The summed E-state index contributed by atoms with van der Waals surface area (Å²) in [5, 5.41) is 12.4. The largest absolute Gasteiger partial charge is 0.393 e. The van der Waals surface area contributed by atoms with E-state index in [1.807, 2.05) is 13.8 Å². The zero-order valence-electron chi connectivity index (χ0n) is 16.8. The summed E-state index contributed by atoms with van der Waals surface area (Å²) in [4.78, 5) is 0. The van der Waals surface area contributed by atoms with Crippen LogP contribution in [0.2, 0.25) is 18.6 Å². The van der Waals surface area contributed by atoms with E-state index in [-0.39, 0.29) is 17.1 Å². The molecular formula is C22H34O3Si. The van der Waals surface area contributed by atoms with Crippen LogP contribution in [-0.2, 0) is 9.47 Å². The normalized spacial score (nSPS) is 39.7. The van der Waals surface area contributed by atoms with E-state index >= 15 is 0 Å². The molecule has 1 N–H and O–H groups in total. The maximum atomic E-state index is 10.9. The number of benzene rings is 1. The fraction of sp³-hybridized carbons (Fsp3) is 0.727. The third-order valence-corrected chi connectivity index (χ3v) is 12.0. The molecule has 4 atom stereocenters. The maximum absolute atomic E-state index is 10.9. The van der Waals surface area contributed by atoms with Crippen molar-refractivity contribution in [2.45, 2.75) is 88.5 Å². The number of aliphatic hydroxyl groups excluding tert-OH is 1. The second-order valence-electron chi connectivity index (χ2n) is 9.88. The lowest BCUT2D eigenvalue weighted by Crippen LogP contribution is -2.71. The summed E-state index contributed by atoms with van der Waals surface area (Å²) in [6.07, 6.45) is 6.08. The highest BCUT2D eigenvalue weighted by atomic mass is 28.3. The first-order valence-corrected chi connectivity index (χ1v) is 13.4. The number of hydrogen-bond donors (Lipinski definition) is 1. The first kappa shape index (κ1) is 18.7. The summed E-state index contributed by atoms with van der Waals surface area (Å²) in [7, 11) is -1.82. The Morgan fingerprint density at radius 2 is 1.77 bits per heavy atom. The standard InChI is InChI=1S/C22H34O3Si/c1-20(2)24-16-21-12-8-9-13-22(21,25-20)15-17(23)14-19(21)26(3,4)18-10-6-5-7-11-18/h5-7,10-11,17,19,23H,8-9,12-16H2,1-4H3/t17-,19+,21+,22-/m0/s1. The molecule has 1 aliphatic heterocycles. The van der Waals surface area contributed by atoms with Gasteiger partial charge in [0.1, 0.15) is 0 Å². The fourth-order valence-electron chi connectivity index (χ4n) is 6.44. The molecule has 2 aliphatic carbocycles. The van der Waals surface area contributed by atoms with Gasteiger partial charge in [0.05, 0.1) is 26.4 Å². The lowest BCUT2D eigenvalue weighted by molar-refractivity contribution is -0.381. The van der Waals surface area contributed by atoms with Gasteiger partial charge in [0.2, 0.25) is 0 Å². The molecule has 0 amide bonds. The molecule has 1 aromatic rings. The first-order chi connectivity index (χ1) is 12.2. The summed E-state index contributed by atoms with van der Waals surface area (Å²) < 4.78 is 13.0. The molecule has 0 bridgehead atoms. The van der Waals surface area contributed by atoms with Crippen molar-refractivity contribution in [2.75, 3.05) is 6.61 Å². The van der Waals surface area contributed by atoms with Crippen LogP contribution in [0.4, 0.5) is 0 Å². The van der Waals surface area contributed by atoms with Gasteiger partial charge in [0.25, 0.3) is 0 Å². The quantitative estimate of drug-likeness (QED) is 0.788. The van der Waals surface area contributed by atoms with Crippen LogP contribution in [0.3, 0.4) is 0 Å². The van der Waals surface area contributed by atoms with Gasteiger partial charge in [-0.25, -0.2) is 0 Å². The van der Waals surface area contributed by atoms with Crippen molar-refractivity contribution in [1.29, 1.82) is 0 Å². The SMILES string of the molecule is CC1(C)OC[C@@]23CCCC[C@@]2(C[C@@H](O)C[C@H]3[Si](C)(C)c2ccccc2)O1. The van der Waals surface area contributed by atoms with E-state index in [1.54, 1.807) is 0 Å². The molecular weight excluding hydrogens is 340 g/mol. The summed E-state index contributed by atoms with van der Waals surface area (Å²) in [6, 6.07) is 11.0. The molecule has 0 radical (unpaired) electrons. The maximum Gasteiger partial charge on any atom is 0.163 e. The van der Waals surface area contributed by atoms with E-state index in [2.05, 4.69) is 43.4 Å². The van der Waals surface area contributed by atoms with E-state index in [1.165, 1.54) is 24.4 Å². The zero-order valence-corrected chi connectivity index (χ0v) is 17.8. The third-order valence-electron chi connectivity index (χ3n) is 7.61. The van der Waals surface area contributed by atoms with Crippen LogP contribution in [0.25, 0.3) is 0 Å². The Labute approximate surface area is 159 Å². The highest BCUT2D eigenvalue weighted by molar-refractivity contribution is 6.91. The van der Waals surface area contributed by atoms with Crippen molar-refractivity contribution in [1.82, 2.24) is 0 Å². The highest BCUT2D eigenvalue weighted by Gasteiger charge is 2.67. The lowest BCUT2D eigenvalue weighted by Gasteiger charge is -2.67. The van der Waals surface area contributed by atoms with Crippen molar-refractivity contribution in [3.63, 3.8) is 0 Å². The number of rotatable bonds is 2. The molecule has 1 saturated heterocycles. The average Bonchev–Trinajstić information content (AvgIpc) is 2.59. The van der Waals surface area contributed by atoms with Gasteiger partial charge >= 0.3 is 0 Å². The Morgan fingerprint density at radius 1 is 1.08 bits per heavy atom. The summed E-state index contributed by atoms with van der Waals surface area (Å²) >= 11 is 0. The summed E-state index contributed by atoms with van der Waals surface area (Å²) in [5.74, 6) is -0.555. The minimum Gasteiger partial charge on any atom is -0.393 e. The molecule has 0 aromatic heterocycles. The van der Waals surface area contributed by atoms with Crippen molar-refractivity contribution in [3.8, 4) is 0 Å². The summed E-state index contributed by atoms with van der Waals surface area (Å²) in [6.45, 7) is 9.82. The summed E-state index contributed by atoms with van der Waals surface area (Å²) in [5.41, 5.74) is 0.289. The smallest absolute Gasteiger partial charge is 0.163 e. The predicted molar refractivity (Wildman–Crippen MR) is 107 cm³/mol. The van der Waals surface area contributed by atoms with Crippen molar-refractivity contribution < 1.29 is 14.6 Å². The van der Waals surface area contributed by atoms with Gasteiger partial charge in [-0.05, 0) is 38.7 Å². The number of aliphatic hydroxyl groups is 1. The van der Waals surface area contributed by atoms with Crippen LogP contribution in [0.5, 0.6) is 0 Å². The van der Waals surface area contributed by atoms with Crippen LogP contribution in [-0.4, -0.2) is 37.3 Å². The Kier molecular flexibility index (Phi) is 4.43. The average molecular weight is 375 g/mol. The molecule has 3 nitrogen and oxygen atoms in total. The fourth-order valence-corrected chi connectivity index (χ4v) is 10.6. The molecule has 3 fully saturated rings. The molecule has 144 valence electrons. The van der Waals surface area contributed by atoms with Gasteiger partial charge in [-0.3, -0.25) is 0 Å². The lowest BCUT2D eigenvalue weighted by atomic mass is 9.55. The monoisotopic (exact) mass is 374 g/mol. The Morgan fingerprint density at radius 3 is 2.50 bits per heavy atom. The van der Waals surface area contributed by atoms with E-state index in [0.29, 0.717) is 5.54 Å².